The molecule has 0 unspecified atom stereocenters. The maximum absolute atomic E-state index is 8.90. The van der Waals surface area contributed by atoms with Gasteiger partial charge in [-0.15, -0.1) is 0 Å². The first-order valence-corrected chi connectivity index (χ1v) is 6.52. The summed E-state index contributed by atoms with van der Waals surface area (Å²) in [6, 6.07) is 7.95. The molecule has 0 bridgehead atoms. The third-order valence-electron chi connectivity index (χ3n) is 3.62. The zero-order valence-electron chi connectivity index (χ0n) is 11.3. The zero-order chi connectivity index (χ0) is 14.0. The van der Waals surface area contributed by atoms with Gasteiger partial charge in [-0.05, 0) is 24.6 Å². The van der Waals surface area contributed by atoms with E-state index in [0.29, 0.717) is 19.8 Å². The van der Waals surface area contributed by atoms with Crippen molar-refractivity contribution in [2.75, 3.05) is 20.0 Å². The van der Waals surface area contributed by atoms with Gasteiger partial charge in [-0.1, -0.05) is 6.07 Å². The number of nitrogens with zero attached hydrogens (tertiary/aromatic N) is 1. The van der Waals surface area contributed by atoms with Gasteiger partial charge in [-0.25, -0.2) is 0 Å². The number of fused-ring (bicyclic) bond motifs is 1. The first-order chi connectivity index (χ1) is 9.71. The minimum absolute atomic E-state index is 0.0773. The molecule has 3 rings (SSSR count). The molecule has 2 heterocycles. The lowest BCUT2D eigenvalue weighted by atomic mass is 9.84. The third-order valence-corrected chi connectivity index (χ3v) is 3.62. The summed E-state index contributed by atoms with van der Waals surface area (Å²) in [6.07, 6.45) is 1.56. The summed E-state index contributed by atoms with van der Waals surface area (Å²) in [6.45, 7) is 4.30. The van der Waals surface area contributed by atoms with E-state index in [1.807, 2.05) is 18.2 Å². The van der Waals surface area contributed by atoms with Crippen LogP contribution in [0.1, 0.15) is 12.5 Å². The molecule has 0 aromatic heterocycles. The summed E-state index contributed by atoms with van der Waals surface area (Å²) in [5, 5.41) is 12.2. The highest BCUT2D eigenvalue weighted by molar-refractivity contribution is 5.44. The maximum Gasteiger partial charge on any atom is 0.231 e. The zero-order valence-corrected chi connectivity index (χ0v) is 11.3. The molecule has 1 aromatic carbocycles. The van der Waals surface area contributed by atoms with Gasteiger partial charge in [-0.3, -0.25) is 0 Å². The van der Waals surface area contributed by atoms with Crippen molar-refractivity contribution in [3.63, 3.8) is 0 Å². The second kappa shape index (κ2) is 5.06. The molecule has 5 nitrogen and oxygen atoms in total. The normalized spacial score (nSPS) is 19.1. The van der Waals surface area contributed by atoms with Crippen molar-refractivity contribution in [3.8, 4) is 17.6 Å². The third kappa shape index (κ3) is 2.30. The minimum atomic E-state index is -0.0773. The van der Waals surface area contributed by atoms with Gasteiger partial charge in [0.05, 0.1) is 24.7 Å². The minimum Gasteiger partial charge on any atom is -0.454 e. The topological polar surface area (TPSA) is 63.5 Å². The van der Waals surface area contributed by atoms with Crippen molar-refractivity contribution in [1.82, 2.24) is 5.32 Å². The van der Waals surface area contributed by atoms with E-state index in [2.05, 4.69) is 18.3 Å². The van der Waals surface area contributed by atoms with E-state index in [4.69, 9.17) is 19.5 Å². The average Bonchev–Trinajstić information content (AvgIpc) is 2.88. The molecule has 0 amide bonds. The number of benzene rings is 1. The quantitative estimate of drug-likeness (QED) is 0.849. The van der Waals surface area contributed by atoms with E-state index in [1.165, 1.54) is 0 Å². The second-order valence-corrected chi connectivity index (χ2v) is 5.28. The Hall–Kier alpha value is -2.19. The molecule has 0 aliphatic carbocycles. The standard InChI is InChI=1S/C15H16N2O3/c1-15(8-18-9-15)14(4-5-16)17-7-11-2-3-12-13(6-11)20-10-19-12/h2-4,6,17H,7-10H2,1H3/b14-4-. The summed E-state index contributed by atoms with van der Waals surface area (Å²) >= 11 is 0. The molecule has 0 atom stereocenters. The lowest BCUT2D eigenvalue weighted by Crippen LogP contribution is -2.45. The van der Waals surface area contributed by atoms with Crippen LogP contribution in [0.3, 0.4) is 0 Å². The number of ether oxygens (including phenoxy) is 3. The number of nitriles is 1. The van der Waals surface area contributed by atoms with Crippen molar-refractivity contribution in [1.29, 1.82) is 5.26 Å². The van der Waals surface area contributed by atoms with Gasteiger partial charge in [0, 0.05) is 18.3 Å². The van der Waals surface area contributed by atoms with Gasteiger partial charge < -0.3 is 19.5 Å². The highest BCUT2D eigenvalue weighted by Crippen LogP contribution is 2.35. The van der Waals surface area contributed by atoms with E-state index < -0.39 is 0 Å². The first kappa shape index (κ1) is 12.8. The van der Waals surface area contributed by atoms with Crippen LogP contribution >= 0.6 is 0 Å². The summed E-state index contributed by atoms with van der Waals surface area (Å²) < 4.78 is 15.9. The molecule has 1 aromatic rings. The van der Waals surface area contributed by atoms with Crippen molar-refractivity contribution < 1.29 is 14.2 Å². The Morgan fingerprint density at radius 3 is 2.90 bits per heavy atom. The Balaban J connectivity index is 1.69. The predicted molar refractivity (Wildman–Crippen MR) is 72.0 cm³/mol. The highest BCUT2D eigenvalue weighted by Gasteiger charge is 2.37. The molecule has 1 fully saturated rings. The Bertz CT molecular complexity index is 585. The number of allylic oxidation sites excluding steroid dienone is 1. The Morgan fingerprint density at radius 2 is 2.20 bits per heavy atom. The number of hydrogen-bond acceptors (Lipinski definition) is 5. The fourth-order valence-electron chi connectivity index (χ4n) is 2.32. The van der Waals surface area contributed by atoms with Crippen LogP contribution < -0.4 is 14.8 Å². The predicted octanol–water partition coefficient (Wildman–Crippen LogP) is 1.95. The van der Waals surface area contributed by atoms with Crippen LogP contribution in [0, 0.1) is 16.7 Å². The first-order valence-electron chi connectivity index (χ1n) is 6.52. The number of hydrogen-bond donors (Lipinski definition) is 1. The van der Waals surface area contributed by atoms with E-state index >= 15 is 0 Å². The van der Waals surface area contributed by atoms with Crippen LogP contribution in [0.5, 0.6) is 11.5 Å². The van der Waals surface area contributed by atoms with E-state index in [0.717, 1.165) is 22.8 Å². The van der Waals surface area contributed by atoms with Gasteiger partial charge in [0.25, 0.3) is 0 Å². The molecular formula is C15H16N2O3. The molecule has 0 saturated carbocycles. The van der Waals surface area contributed by atoms with Crippen LogP contribution in [0.2, 0.25) is 0 Å². The number of rotatable bonds is 4. The van der Waals surface area contributed by atoms with E-state index in [1.54, 1.807) is 6.08 Å². The second-order valence-electron chi connectivity index (χ2n) is 5.28. The Kier molecular flexibility index (Phi) is 3.25. The molecule has 5 heteroatoms. The fraction of sp³-hybridized carbons (Fsp3) is 0.400. The molecule has 1 saturated heterocycles. The average molecular weight is 272 g/mol. The van der Waals surface area contributed by atoms with Crippen LogP contribution in [0.15, 0.2) is 30.0 Å². The molecular weight excluding hydrogens is 256 g/mol. The lowest BCUT2D eigenvalue weighted by Gasteiger charge is -2.40. The lowest BCUT2D eigenvalue weighted by molar-refractivity contribution is -0.0812. The number of nitrogens with one attached hydrogen (secondary N) is 1. The van der Waals surface area contributed by atoms with Crippen molar-refractivity contribution in [2.24, 2.45) is 5.41 Å². The molecule has 0 spiro atoms. The van der Waals surface area contributed by atoms with Crippen molar-refractivity contribution >= 4 is 0 Å². The molecule has 0 radical (unpaired) electrons. The van der Waals surface area contributed by atoms with Crippen molar-refractivity contribution in [2.45, 2.75) is 13.5 Å². The van der Waals surface area contributed by atoms with Crippen LogP contribution in [-0.4, -0.2) is 20.0 Å². The van der Waals surface area contributed by atoms with Gasteiger partial charge >= 0.3 is 0 Å². The molecule has 2 aliphatic heterocycles. The van der Waals surface area contributed by atoms with Gasteiger partial charge in [0.15, 0.2) is 11.5 Å². The van der Waals surface area contributed by atoms with E-state index in [-0.39, 0.29) is 12.2 Å². The summed E-state index contributed by atoms with van der Waals surface area (Å²) in [5.74, 6) is 1.55. The SMILES string of the molecule is CC1(/C(=C/C#N)NCc2ccc3c(c2)OCO3)COC1. The monoisotopic (exact) mass is 272 g/mol. The van der Waals surface area contributed by atoms with Gasteiger partial charge in [0.2, 0.25) is 6.79 Å². The Labute approximate surface area is 117 Å². The fourth-order valence-corrected chi connectivity index (χ4v) is 2.32. The summed E-state index contributed by atoms with van der Waals surface area (Å²) in [4.78, 5) is 0. The van der Waals surface area contributed by atoms with Crippen LogP contribution in [-0.2, 0) is 11.3 Å². The smallest absolute Gasteiger partial charge is 0.231 e. The van der Waals surface area contributed by atoms with Crippen LogP contribution in [0.4, 0.5) is 0 Å². The molecule has 2 aliphatic rings. The summed E-state index contributed by atoms with van der Waals surface area (Å²) in [7, 11) is 0. The van der Waals surface area contributed by atoms with Crippen molar-refractivity contribution in [3.05, 3.63) is 35.5 Å². The molecule has 104 valence electrons. The van der Waals surface area contributed by atoms with Gasteiger partial charge in [-0.2, -0.15) is 5.26 Å². The summed E-state index contributed by atoms with van der Waals surface area (Å²) in [5.41, 5.74) is 1.93. The largest absolute Gasteiger partial charge is 0.454 e. The highest BCUT2D eigenvalue weighted by atomic mass is 16.7. The van der Waals surface area contributed by atoms with E-state index in [9.17, 15) is 0 Å². The van der Waals surface area contributed by atoms with Crippen LogP contribution in [0.25, 0.3) is 0 Å². The van der Waals surface area contributed by atoms with Gasteiger partial charge in [0.1, 0.15) is 0 Å². The maximum atomic E-state index is 8.90. The molecule has 20 heavy (non-hydrogen) atoms. The molecule has 1 N–H and O–H groups in total. The Morgan fingerprint density at radius 1 is 1.40 bits per heavy atom.